The molecule has 0 aliphatic heterocycles. The molecule has 13 heavy (non-hydrogen) atoms. The summed E-state index contributed by atoms with van der Waals surface area (Å²) < 4.78 is 5.21. The molecule has 70 valence electrons. The maximum atomic E-state index is 8.51. The predicted octanol–water partition coefficient (Wildman–Crippen LogP) is 2.01. The molecule has 1 rings (SSSR count). The molecule has 0 radical (unpaired) electrons. The second-order valence-electron chi connectivity index (χ2n) is 3.21. The maximum absolute atomic E-state index is 8.51. The van der Waals surface area contributed by atoms with Gasteiger partial charge < -0.3 is 4.42 Å². The van der Waals surface area contributed by atoms with E-state index in [1.807, 2.05) is 26.1 Å². The van der Waals surface area contributed by atoms with Gasteiger partial charge in [0.15, 0.2) is 0 Å². The Kier molecular flexibility index (Phi) is 3.53. The van der Waals surface area contributed by atoms with Gasteiger partial charge in [0.25, 0.3) is 0 Å². The first-order valence-electron chi connectivity index (χ1n) is 4.33. The number of rotatable bonds is 4. The van der Waals surface area contributed by atoms with Crippen LogP contribution >= 0.6 is 0 Å². The van der Waals surface area contributed by atoms with Gasteiger partial charge in [0.1, 0.15) is 5.76 Å². The highest BCUT2D eigenvalue weighted by atomic mass is 16.3. The average molecular weight is 178 g/mol. The van der Waals surface area contributed by atoms with E-state index in [9.17, 15) is 0 Å². The Morgan fingerprint density at radius 1 is 1.69 bits per heavy atom. The topological polar surface area (TPSA) is 40.2 Å². The van der Waals surface area contributed by atoms with Crippen LogP contribution in [0.2, 0.25) is 0 Å². The van der Waals surface area contributed by atoms with Gasteiger partial charge in [-0.25, -0.2) is 0 Å². The first-order valence-corrected chi connectivity index (χ1v) is 4.33. The van der Waals surface area contributed by atoms with Crippen LogP contribution in [0.4, 0.5) is 0 Å². The van der Waals surface area contributed by atoms with Crippen LogP contribution in [0.5, 0.6) is 0 Å². The van der Waals surface area contributed by atoms with E-state index >= 15 is 0 Å². The minimum atomic E-state index is 0.273. The molecule has 0 spiro atoms. The zero-order chi connectivity index (χ0) is 9.68. The van der Waals surface area contributed by atoms with Crippen molar-refractivity contribution >= 4 is 0 Å². The fraction of sp³-hybridized carbons (Fsp3) is 0.500. The van der Waals surface area contributed by atoms with Crippen LogP contribution in [0.1, 0.15) is 19.1 Å². The molecule has 0 aliphatic rings. The van der Waals surface area contributed by atoms with Gasteiger partial charge in [-0.3, -0.25) is 4.90 Å². The van der Waals surface area contributed by atoms with E-state index in [0.717, 1.165) is 12.3 Å². The molecule has 3 nitrogen and oxygen atoms in total. The Hall–Kier alpha value is -1.27. The lowest BCUT2D eigenvalue weighted by molar-refractivity contribution is 0.232. The standard InChI is InChI=1S/C10H14N2O/c1-9(5-6-11)12(2)8-10-4-3-7-13-10/h3-4,7,9H,5,8H2,1-2H3. The third-order valence-electron chi connectivity index (χ3n) is 2.12. The lowest BCUT2D eigenvalue weighted by Gasteiger charge is -2.20. The largest absolute Gasteiger partial charge is 0.468 e. The second-order valence-corrected chi connectivity index (χ2v) is 3.21. The van der Waals surface area contributed by atoms with Crippen LogP contribution in [0.3, 0.4) is 0 Å². The summed E-state index contributed by atoms with van der Waals surface area (Å²) in [7, 11) is 1.99. The molecule has 1 aromatic rings. The third-order valence-corrected chi connectivity index (χ3v) is 2.12. The summed E-state index contributed by atoms with van der Waals surface area (Å²) in [6.45, 7) is 2.79. The Labute approximate surface area is 78.6 Å². The molecule has 1 unspecified atom stereocenters. The minimum absolute atomic E-state index is 0.273. The molecule has 0 aliphatic carbocycles. The monoisotopic (exact) mass is 178 g/mol. The summed E-state index contributed by atoms with van der Waals surface area (Å²) in [5.74, 6) is 0.937. The predicted molar refractivity (Wildman–Crippen MR) is 49.9 cm³/mol. The third kappa shape index (κ3) is 2.92. The van der Waals surface area contributed by atoms with Crippen LogP contribution < -0.4 is 0 Å². The molecule has 1 aromatic heterocycles. The van der Waals surface area contributed by atoms with E-state index in [-0.39, 0.29) is 6.04 Å². The zero-order valence-electron chi connectivity index (χ0n) is 8.03. The molecule has 0 amide bonds. The number of nitriles is 1. The zero-order valence-corrected chi connectivity index (χ0v) is 8.03. The van der Waals surface area contributed by atoms with Gasteiger partial charge in [0, 0.05) is 6.04 Å². The fourth-order valence-electron chi connectivity index (χ4n) is 1.09. The van der Waals surface area contributed by atoms with E-state index in [4.69, 9.17) is 9.68 Å². The van der Waals surface area contributed by atoms with Gasteiger partial charge in [-0.15, -0.1) is 0 Å². The van der Waals surface area contributed by atoms with Crippen LogP contribution in [0.15, 0.2) is 22.8 Å². The van der Waals surface area contributed by atoms with E-state index in [1.165, 1.54) is 0 Å². The minimum Gasteiger partial charge on any atom is -0.468 e. The fourth-order valence-corrected chi connectivity index (χ4v) is 1.09. The molecule has 0 fully saturated rings. The van der Waals surface area contributed by atoms with Crippen LogP contribution in [0.25, 0.3) is 0 Å². The van der Waals surface area contributed by atoms with Crippen molar-refractivity contribution in [3.63, 3.8) is 0 Å². The Bertz CT molecular complexity index is 274. The summed E-state index contributed by atoms with van der Waals surface area (Å²) in [6, 6.07) is 6.24. The van der Waals surface area contributed by atoms with Crippen molar-refractivity contribution in [3.8, 4) is 6.07 Å². The molecular formula is C10H14N2O. The number of hydrogen-bond acceptors (Lipinski definition) is 3. The van der Waals surface area contributed by atoms with Crippen molar-refractivity contribution in [1.29, 1.82) is 5.26 Å². The van der Waals surface area contributed by atoms with Crippen molar-refractivity contribution in [2.75, 3.05) is 7.05 Å². The lowest BCUT2D eigenvalue weighted by Crippen LogP contribution is -2.27. The van der Waals surface area contributed by atoms with Gasteiger partial charge in [-0.2, -0.15) is 5.26 Å². The van der Waals surface area contributed by atoms with Crippen LogP contribution in [-0.2, 0) is 6.54 Å². The van der Waals surface area contributed by atoms with Crippen molar-refractivity contribution < 1.29 is 4.42 Å². The number of nitrogens with zero attached hydrogens (tertiary/aromatic N) is 2. The van der Waals surface area contributed by atoms with E-state index < -0.39 is 0 Å². The lowest BCUT2D eigenvalue weighted by atomic mass is 10.2. The summed E-state index contributed by atoms with van der Waals surface area (Å²) in [6.07, 6.45) is 2.22. The maximum Gasteiger partial charge on any atom is 0.117 e. The Morgan fingerprint density at radius 3 is 3.00 bits per heavy atom. The summed E-state index contributed by atoms with van der Waals surface area (Å²) in [5.41, 5.74) is 0. The molecule has 1 heterocycles. The highest BCUT2D eigenvalue weighted by molar-refractivity contribution is 4.98. The molecule has 0 N–H and O–H groups in total. The summed E-state index contributed by atoms with van der Waals surface area (Å²) in [5, 5.41) is 8.51. The SMILES string of the molecule is CC(CC#N)N(C)Cc1ccco1. The van der Waals surface area contributed by atoms with Gasteiger partial charge in [-0.1, -0.05) is 0 Å². The molecule has 0 aromatic carbocycles. The molecule has 0 bridgehead atoms. The average Bonchev–Trinajstić information content (AvgIpc) is 2.57. The summed E-state index contributed by atoms with van der Waals surface area (Å²) in [4.78, 5) is 2.10. The van der Waals surface area contributed by atoms with Crippen molar-refractivity contribution in [1.82, 2.24) is 4.90 Å². The van der Waals surface area contributed by atoms with E-state index in [0.29, 0.717) is 6.42 Å². The van der Waals surface area contributed by atoms with Gasteiger partial charge in [0.05, 0.1) is 25.3 Å². The van der Waals surface area contributed by atoms with Crippen LogP contribution in [-0.4, -0.2) is 18.0 Å². The normalized spacial score (nSPS) is 12.8. The quantitative estimate of drug-likeness (QED) is 0.708. The molecule has 0 saturated carbocycles. The highest BCUT2D eigenvalue weighted by Gasteiger charge is 2.09. The van der Waals surface area contributed by atoms with E-state index in [1.54, 1.807) is 6.26 Å². The Balaban J connectivity index is 2.42. The second kappa shape index (κ2) is 4.68. The van der Waals surface area contributed by atoms with E-state index in [2.05, 4.69) is 11.0 Å². The molecular weight excluding hydrogens is 164 g/mol. The molecule has 1 atom stereocenters. The van der Waals surface area contributed by atoms with Gasteiger partial charge in [-0.05, 0) is 26.1 Å². The van der Waals surface area contributed by atoms with Crippen molar-refractivity contribution in [2.45, 2.75) is 25.9 Å². The van der Waals surface area contributed by atoms with Gasteiger partial charge >= 0.3 is 0 Å². The molecule has 0 saturated heterocycles. The first-order chi connectivity index (χ1) is 6.24. The smallest absolute Gasteiger partial charge is 0.117 e. The number of hydrogen-bond donors (Lipinski definition) is 0. The molecule has 3 heteroatoms. The van der Waals surface area contributed by atoms with Gasteiger partial charge in [0.2, 0.25) is 0 Å². The number of furan rings is 1. The van der Waals surface area contributed by atoms with Crippen LogP contribution in [0, 0.1) is 11.3 Å². The van der Waals surface area contributed by atoms with Crippen molar-refractivity contribution in [2.24, 2.45) is 0 Å². The Morgan fingerprint density at radius 2 is 2.46 bits per heavy atom. The summed E-state index contributed by atoms with van der Waals surface area (Å²) >= 11 is 0. The highest BCUT2D eigenvalue weighted by Crippen LogP contribution is 2.08. The van der Waals surface area contributed by atoms with Crippen molar-refractivity contribution in [3.05, 3.63) is 24.2 Å². The first kappa shape index (κ1) is 9.82.